The maximum atomic E-state index is 12.8. The molecule has 2 aromatic carbocycles. The highest BCUT2D eigenvalue weighted by Gasteiger charge is 2.29. The first-order chi connectivity index (χ1) is 12.3. The molecular formula is C19H19N3O3S. The fraction of sp³-hybridized carbons (Fsp3) is 0.158. The number of benzene rings is 2. The van der Waals surface area contributed by atoms with Gasteiger partial charge in [0.15, 0.2) is 0 Å². The highest BCUT2D eigenvalue weighted by molar-refractivity contribution is 7.89. The van der Waals surface area contributed by atoms with Crippen molar-refractivity contribution in [2.24, 2.45) is 10.2 Å². The van der Waals surface area contributed by atoms with E-state index in [0.29, 0.717) is 17.0 Å². The number of hydrogen-bond donors (Lipinski definition) is 1. The number of nitrogens with zero attached hydrogens (tertiary/aromatic N) is 2. The van der Waals surface area contributed by atoms with Crippen molar-refractivity contribution < 1.29 is 13.2 Å². The molecule has 2 N–H and O–H groups in total. The quantitative estimate of drug-likeness (QED) is 0.840. The summed E-state index contributed by atoms with van der Waals surface area (Å²) in [5.41, 5.74) is 2.75. The molecule has 0 radical (unpaired) electrons. The van der Waals surface area contributed by atoms with Crippen LogP contribution in [-0.2, 0) is 14.8 Å². The van der Waals surface area contributed by atoms with Gasteiger partial charge in [-0.2, -0.15) is 10.1 Å². The van der Waals surface area contributed by atoms with Gasteiger partial charge in [-0.15, -0.1) is 0 Å². The van der Waals surface area contributed by atoms with E-state index in [9.17, 15) is 13.2 Å². The van der Waals surface area contributed by atoms with Gasteiger partial charge in [-0.3, -0.25) is 4.79 Å². The summed E-state index contributed by atoms with van der Waals surface area (Å²) in [6.07, 6.45) is 1.90. The Morgan fingerprint density at radius 1 is 1.08 bits per heavy atom. The number of primary sulfonamides is 1. The lowest BCUT2D eigenvalue weighted by Gasteiger charge is -2.13. The van der Waals surface area contributed by atoms with E-state index in [1.807, 2.05) is 43.3 Å². The second-order valence-electron chi connectivity index (χ2n) is 6.12. The molecule has 0 fully saturated rings. The fourth-order valence-corrected chi connectivity index (χ4v) is 3.28. The summed E-state index contributed by atoms with van der Waals surface area (Å²) < 4.78 is 22.7. The standard InChI is InChI=1S/C19H19N3O3S/c1-13(15-6-4-3-5-7-15)12-18-14(2)21-22(19(18)23)16-8-10-17(11-9-16)26(20,24)25/h3-13H,1-2H3,(H2,20,24,25)/b18-12-. The second-order valence-corrected chi connectivity index (χ2v) is 7.68. The molecule has 0 spiro atoms. The molecule has 1 amide bonds. The smallest absolute Gasteiger partial charge is 0.267 e. The lowest BCUT2D eigenvalue weighted by molar-refractivity contribution is -0.114. The minimum absolute atomic E-state index is 0.0120. The predicted octanol–water partition coefficient (Wildman–Crippen LogP) is 2.79. The van der Waals surface area contributed by atoms with Gasteiger partial charge < -0.3 is 0 Å². The molecule has 0 saturated heterocycles. The molecule has 3 rings (SSSR count). The van der Waals surface area contributed by atoms with Crippen molar-refractivity contribution in [3.8, 4) is 0 Å². The Bertz CT molecular complexity index is 994. The largest absolute Gasteiger partial charge is 0.280 e. The first-order valence-corrected chi connectivity index (χ1v) is 9.61. The molecule has 0 aromatic heterocycles. The van der Waals surface area contributed by atoms with Gasteiger partial charge in [0.05, 0.1) is 21.9 Å². The van der Waals surface area contributed by atoms with E-state index in [1.165, 1.54) is 29.3 Å². The van der Waals surface area contributed by atoms with E-state index >= 15 is 0 Å². The minimum atomic E-state index is -3.78. The van der Waals surface area contributed by atoms with E-state index in [0.717, 1.165) is 5.56 Å². The number of nitrogens with two attached hydrogens (primary N) is 1. The van der Waals surface area contributed by atoms with Crippen molar-refractivity contribution in [1.82, 2.24) is 0 Å². The van der Waals surface area contributed by atoms with Crippen LogP contribution >= 0.6 is 0 Å². The van der Waals surface area contributed by atoms with E-state index in [1.54, 1.807) is 6.92 Å². The van der Waals surface area contributed by atoms with Gasteiger partial charge in [-0.1, -0.05) is 43.3 Å². The molecule has 1 atom stereocenters. The third kappa shape index (κ3) is 3.58. The van der Waals surface area contributed by atoms with E-state index in [2.05, 4.69) is 5.10 Å². The highest BCUT2D eigenvalue weighted by Crippen LogP contribution is 2.27. The molecule has 134 valence electrons. The second kappa shape index (κ2) is 6.86. The molecule has 0 bridgehead atoms. The maximum absolute atomic E-state index is 12.8. The summed E-state index contributed by atoms with van der Waals surface area (Å²) >= 11 is 0. The minimum Gasteiger partial charge on any atom is -0.267 e. The van der Waals surface area contributed by atoms with Crippen molar-refractivity contribution in [1.29, 1.82) is 0 Å². The zero-order valence-electron chi connectivity index (χ0n) is 14.5. The van der Waals surface area contributed by atoms with Gasteiger partial charge in [0.2, 0.25) is 10.0 Å². The topological polar surface area (TPSA) is 92.8 Å². The summed E-state index contributed by atoms with van der Waals surface area (Å²) in [7, 11) is -3.78. The number of carbonyl (C=O) groups is 1. The van der Waals surface area contributed by atoms with Crippen LogP contribution < -0.4 is 10.1 Å². The Morgan fingerprint density at radius 3 is 2.27 bits per heavy atom. The van der Waals surface area contributed by atoms with Gasteiger partial charge in [0.25, 0.3) is 5.91 Å². The van der Waals surface area contributed by atoms with Gasteiger partial charge in [-0.05, 0) is 36.8 Å². The van der Waals surface area contributed by atoms with Crippen LogP contribution in [0.1, 0.15) is 25.3 Å². The molecular weight excluding hydrogens is 350 g/mol. The SMILES string of the molecule is CC1=NN(c2ccc(S(N)(=O)=O)cc2)C(=O)/C1=C\C(C)c1ccccc1. The fourth-order valence-electron chi connectivity index (χ4n) is 2.76. The molecule has 1 unspecified atom stereocenters. The van der Waals surface area contributed by atoms with Crippen LogP contribution in [0.3, 0.4) is 0 Å². The summed E-state index contributed by atoms with van der Waals surface area (Å²) in [4.78, 5) is 12.8. The first-order valence-electron chi connectivity index (χ1n) is 8.07. The molecule has 0 saturated carbocycles. The van der Waals surface area contributed by atoms with Gasteiger partial charge >= 0.3 is 0 Å². The number of hydrazone groups is 1. The zero-order valence-corrected chi connectivity index (χ0v) is 15.3. The van der Waals surface area contributed by atoms with Crippen LogP contribution in [-0.4, -0.2) is 20.0 Å². The lowest BCUT2D eigenvalue weighted by Crippen LogP contribution is -2.22. The van der Waals surface area contributed by atoms with E-state index in [-0.39, 0.29) is 16.7 Å². The molecule has 6 nitrogen and oxygen atoms in total. The summed E-state index contributed by atoms with van der Waals surface area (Å²) in [5.74, 6) is -0.182. The van der Waals surface area contributed by atoms with Gasteiger partial charge in [-0.25, -0.2) is 13.6 Å². The van der Waals surface area contributed by atoms with E-state index < -0.39 is 10.0 Å². The van der Waals surface area contributed by atoms with Gasteiger partial charge in [0, 0.05) is 5.92 Å². The molecule has 26 heavy (non-hydrogen) atoms. The van der Waals surface area contributed by atoms with E-state index in [4.69, 9.17) is 5.14 Å². The predicted molar refractivity (Wildman–Crippen MR) is 101 cm³/mol. The summed E-state index contributed by atoms with van der Waals surface area (Å²) in [6.45, 7) is 3.80. The monoisotopic (exact) mass is 369 g/mol. The lowest BCUT2D eigenvalue weighted by atomic mass is 9.97. The maximum Gasteiger partial charge on any atom is 0.280 e. The molecule has 1 aliphatic rings. The summed E-state index contributed by atoms with van der Waals surface area (Å²) in [5, 5.41) is 10.7. The Hall–Kier alpha value is -2.77. The molecule has 1 aliphatic heterocycles. The molecule has 7 heteroatoms. The van der Waals surface area contributed by atoms with Crippen LogP contribution in [0, 0.1) is 0 Å². The Kier molecular flexibility index (Phi) is 4.76. The van der Waals surface area contributed by atoms with Crippen LogP contribution in [0.25, 0.3) is 0 Å². The van der Waals surface area contributed by atoms with Crippen LogP contribution in [0.2, 0.25) is 0 Å². The number of carbonyl (C=O) groups excluding carboxylic acids is 1. The third-order valence-electron chi connectivity index (χ3n) is 4.21. The molecule has 1 heterocycles. The number of sulfonamides is 1. The Labute approximate surface area is 152 Å². The Morgan fingerprint density at radius 2 is 1.69 bits per heavy atom. The molecule has 2 aromatic rings. The molecule has 0 aliphatic carbocycles. The van der Waals surface area contributed by atoms with Crippen LogP contribution in [0.15, 0.2) is 76.2 Å². The number of anilines is 1. The first kappa shape index (κ1) is 18.0. The summed E-state index contributed by atoms with van der Waals surface area (Å²) in [6, 6.07) is 15.6. The van der Waals surface area contributed by atoms with Crippen molar-refractivity contribution in [3.05, 3.63) is 71.8 Å². The van der Waals surface area contributed by atoms with Crippen LogP contribution in [0.5, 0.6) is 0 Å². The highest BCUT2D eigenvalue weighted by atomic mass is 32.2. The van der Waals surface area contributed by atoms with Crippen LogP contribution in [0.4, 0.5) is 5.69 Å². The number of allylic oxidation sites excluding steroid dienone is 1. The van der Waals surface area contributed by atoms with Crippen molar-refractivity contribution in [3.63, 3.8) is 0 Å². The average molecular weight is 369 g/mol. The number of amides is 1. The number of rotatable bonds is 4. The zero-order chi connectivity index (χ0) is 18.9. The number of hydrogen-bond acceptors (Lipinski definition) is 4. The van der Waals surface area contributed by atoms with Crippen molar-refractivity contribution in [2.75, 3.05) is 5.01 Å². The Balaban J connectivity index is 1.87. The third-order valence-corrected chi connectivity index (χ3v) is 5.14. The van der Waals surface area contributed by atoms with Crippen molar-refractivity contribution in [2.45, 2.75) is 24.7 Å². The van der Waals surface area contributed by atoms with Gasteiger partial charge in [0.1, 0.15) is 0 Å². The van der Waals surface area contributed by atoms with Crippen molar-refractivity contribution >= 4 is 27.3 Å². The normalized spacial score (nSPS) is 17.5. The average Bonchev–Trinajstić information content (AvgIpc) is 2.90.